The second-order valence-corrected chi connectivity index (χ2v) is 3.70. The van der Waals surface area contributed by atoms with Crippen molar-refractivity contribution in [2.75, 3.05) is 0 Å². The third-order valence-electron chi connectivity index (χ3n) is 2.69. The first kappa shape index (κ1) is 9.15. The van der Waals surface area contributed by atoms with Gasteiger partial charge in [-0.15, -0.1) is 0 Å². The number of aryl methyl sites for hydroxylation is 1. The van der Waals surface area contributed by atoms with Gasteiger partial charge >= 0.3 is 0 Å². The summed E-state index contributed by atoms with van der Waals surface area (Å²) in [6.07, 6.45) is 7.75. The standard InChI is InChI=1S/C12H12N4/c1-2-15-8-11(7-14-15)10-3-4-12-5-6-13-16(12)9-10/h3-9H,2H2,1H3. The topological polar surface area (TPSA) is 35.1 Å². The van der Waals surface area contributed by atoms with Gasteiger partial charge in [0.05, 0.1) is 11.7 Å². The van der Waals surface area contributed by atoms with Crippen molar-refractivity contribution in [3.8, 4) is 11.1 Å². The molecule has 0 aliphatic rings. The van der Waals surface area contributed by atoms with Crippen LogP contribution < -0.4 is 0 Å². The van der Waals surface area contributed by atoms with Gasteiger partial charge in [-0.3, -0.25) is 4.68 Å². The summed E-state index contributed by atoms with van der Waals surface area (Å²) in [5.74, 6) is 0. The third kappa shape index (κ3) is 1.39. The van der Waals surface area contributed by atoms with Crippen LogP contribution in [-0.2, 0) is 6.54 Å². The highest BCUT2D eigenvalue weighted by Crippen LogP contribution is 2.18. The van der Waals surface area contributed by atoms with Crippen LogP contribution in [0.5, 0.6) is 0 Å². The molecule has 3 aromatic rings. The highest BCUT2D eigenvalue weighted by molar-refractivity contribution is 5.63. The lowest BCUT2D eigenvalue weighted by Crippen LogP contribution is -1.92. The van der Waals surface area contributed by atoms with Crippen LogP contribution in [-0.4, -0.2) is 19.4 Å². The molecule has 0 spiro atoms. The van der Waals surface area contributed by atoms with E-state index in [-0.39, 0.29) is 0 Å². The second-order valence-electron chi connectivity index (χ2n) is 3.70. The van der Waals surface area contributed by atoms with Crippen LogP contribution in [0.2, 0.25) is 0 Å². The van der Waals surface area contributed by atoms with Gasteiger partial charge in [-0.05, 0) is 19.1 Å². The lowest BCUT2D eigenvalue weighted by atomic mass is 10.1. The number of fused-ring (bicyclic) bond motifs is 1. The molecule has 3 aromatic heterocycles. The van der Waals surface area contributed by atoms with Gasteiger partial charge in [0.1, 0.15) is 0 Å². The molecule has 0 atom stereocenters. The number of hydrogen-bond acceptors (Lipinski definition) is 2. The largest absolute Gasteiger partial charge is 0.272 e. The molecule has 0 bridgehead atoms. The van der Waals surface area contributed by atoms with Crippen LogP contribution in [0.4, 0.5) is 0 Å². The van der Waals surface area contributed by atoms with Crippen molar-refractivity contribution < 1.29 is 0 Å². The highest BCUT2D eigenvalue weighted by atomic mass is 15.3. The Hall–Kier alpha value is -2.10. The van der Waals surface area contributed by atoms with Gasteiger partial charge in [0.15, 0.2) is 0 Å². The summed E-state index contributed by atoms with van der Waals surface area (Å²) in [4.78, 5) is 0. The van der Waals surface area contributed by atoms with Crippen molar-refractivity contribution in [1.29, 1.82) is 0 Å². The first-order valence-electron chi connectivity index (χ1n) is 5.33. The predicted molar refractivity (Wildman–Crippen MR) is 62.1 cm³/mol. The molecule has 0 fully saturated rings. The lowest BCUT2D eigenvalue weighted by molar-refractivity contribution is 0.660. The first-order chi connectivity index (χ1) is 7.86. The molecule has 3 heterocycles. The predicted octanol–water partition coefficient (Wildman–Crippen LogP) is 2.22. The minimum atomic E-state index is 0.893. The maximum Gasteiger partial charge on any atom is 0.0661 e. The molecule has 0 aliphatic carbocycles. The minimum Gasteiger partial charge on any atom is -0.272 e. The van der Waals surface area contributed by atoms with Crippen LogP contribution in [0.25, 0.3) is 16.6 Å². The maximum atomic E-state index is 4.27. The molecule has 0 saturated heterocycles. The Balaban J connectivity index is 2.10. The normalized spacial score (nSPS) is 11.1. The molecule has 0 aromatic carbocycles. The molecule has 3 rings (SSSR count). The summed E-state index contributed by atoms with van der Waals surface area (Å²) in [5.41, 5.74) is 3.36. The van der Waals surface area contributed by atoms with E-state index in [0.29, 0.717) is 0 Å². The van der Waals surface area contributed by atoms with Gasteiger partial charge in [0.2, 0.25) is 0 Å². The van der Waals surface area contributed by atoms with Gasteiger partial charge in [0, 0.05) is 36.3 Å². The number of pyridine rings is 1. The van der Waals surface area contributed by atoms with Crippen molar-refractivity contribution in [3.63, 3.8) is 0 Å². The Morgan fingerprint density at radius 1 is 1.06 bits per heavy atom. The fourth-order valence-corrected chi connectivity index (χ4v) is 1.77. The summed E-state index contributed by atoms with van der Waals surface area (Å²) < 4.78 is 3.79. The van der Waals surface area contributed by atoms with Crippen molar-refractivity contribution in [2.45, 2.75) is 13.5 Å². The Morgan fingerprint density at radius 2 is 2.00 bits per heavy atom. The van der Waals surface area contributed by atoms with E-state index in [0.717, 1.165) is 23.2 Å². The van der Waals surface area contributed by atoms with Crippen LogP contribution in [0, 0.1) is 0 Å². The van der Waals surface area contributed by atoms with Crippen molar-refractivity contribution in [2.24, 2.45) is 0 Å². The van der Waals surface area contributed by atoms with Crippen LogP contribution in [0.1, 0.15) is 6.92 Å². The minimum absolute atomic E-state index is 0.893. The van der Waals surface area contributed by atoms with Crippen molar-refractivity contribution >= 4 is 5.52 Å². The lowest BCUT2D eigenvalue weighted by Gasteiger charge is -1.98. The first-order valence-corrected chi connectivity index (χ1v) is 5.33. The Morgan fingerprint density at radius 3 is 2.81 bits per heavy atom. The monoisotopic (exact) mass is 212 g/mol. The number of nitrogens with zero attached hydrogens (tertiary/aromatic N) is 4. The molecule has 0 amide bonds. The summed E-state index contributed by atoms with van der Waals surface area (Å²) in [5, 5.41) is 8.49. The fourth-order valence-electron chi connectivity index (χ4n) is 1.77. The Bertz CT molecular complexity index is 621. The molecule has 0 N–H and O–H groups in total. The Kier molecular flexibility index (Phi) is 1.99. The van der Waals surface area contributed by atoms with Gasteiger partial charge in [-0.1, -0.05) is 6.07 Å². The van der Waals surface area contributed by atoms with Gasteiger partial charge in [0.25, 0.3) is 0 Å². The zero-order valence-electron chi connectivity index (χ0n) is 9.04. The zero-order valence-corrected chi connectivity index (χ0v) is 9.04. The SMILES string of the molecule is CCn1cc(-c2ccc3ccnn3c2)cn1. The van der Waals surface area contributed by atoms with Crippen LogP contribution >= 0.6 is 0 Å². The van der Waals surface area contributed by atoms with E-state index in [2.05, 4.69) is 29.3 Å². The zero-order chi connectivity index (χ0) is 11.0. The molecule has 0 unspecified atom stereocenters. The number of hydrogen-bond donors (Lipinski definition) is 0. The number of rotatable bonds is 2. The van der Waals surface area contributed by atoms with Crippen LogP contribution in [0.3, 0.4) is 0 Å². The molecule has 80 valence electrons. The fraction of sp³-hybridized carbons (Fsp3) is 0.167. The van der Waals surface area contributed by atoms with E-state index in [4.69, 9.17) is 0 Å². The summed E-state index contributed by atoms with van der Waals surface area (Å²) in [6, 6.07) is 6.14. The molecular formula is C12H12N4. The average Bonchev–Trinajstić information content (AvgIpc) is 2.96. The maximum absolute atomic E-state index is 4.27. The number of aromatic nitrogens is 4. The second kappa shape index (κ2) is 3.48. The van der Waals surface area contributed by atoms with Crippen molar-refractivity contribution in [3.05, 3.63) is 43.0 Å². The van der Waals surface area contributed by atoms with Crippen LogP contribution in [0.15, 0.2) is 43.0 Å². The van der Waals surface area contributed by atoms with E-state index >= 15 is 0 Å². The molecule has 16 heavy (non-hydrogen) atoms. The molecule has 4 heteroatoms. The van der Waals surface area contributed by atoms with Crippen molar-refractivity contribution in [1.82, 2.24) is 19.4 Å². The average molecular weight is 212 g/mol. The van der Waals surface area contributed by atoms with E-state index in [1.54, 1.807) is 6.20 Å². The molecule has 4 nitrogen and oxygen atoms in total. The molecule has 0 radical (unpaired) electrons. The van der Waals surface area contributed by atoms with Gasteiger partial charge in [-0.2, -0.15) is 10.2 Å². The van der Waals surface area contributed by atoms with E-state index in [1.807, 2.05) is 33.9 Å². The summed E-state index contributed by atoms with van der Waals surface area (Å²) >= 11 is 0. The van der Waals surface area contributed by atoms with Gasteiger partial charge < -0.3 is 0 Å². The smallest absolute Gasteiger partial charge is 0.0661 e. The van der Waals surface area contributed by atoms with E-state index < -0.39 is 0 Å². The summed E-state index contributed by atoms with van der Waals surface area (Å²) in [6.45, 7) is 2.97. The molecular weight excluding hydrogens is 200 g/mol. The molecule has 0 saturated carbocycles. The highest BCUT2D eigenvalue weighted by Gasteiger charge is 2.02. The van der Waals surface area contributed by atoms with E-state index in [9.17, 15) is 0 Å². The van der Waals surface area contributed by atoms with E-state index in [1.165, 1.54) is 0 Å². The van der Waals surface area contributed by atoms with Gasteiger partial charge in [-0.25, -0.2) is 4.52 Å². The summed E-state index contributed by atoms with van der Waals surface area (Å²) in [7, 11) is 0. The third-order valence-corrected chi connectivity index (χ3v) is 2.69. The molecule has 0 aliphatic heterocycles. The Labute approximate surface area is 93.1 Å². The quantitative estimate of drug-likeness (QED) is 0.653.